The number of anilines is 1. The number of halogens is 1. The summed E-state index contributed by atoms with van der Waals surface area (Å²) in [5.74, 6) is -6.46. The molecule has 2 N–H and O–H groups in total. The number of amides is 4. The fourth-order valence-corrected chi connectivity index (χ4v) is 11.1. The lowest BCUT2D eigenvalue weighted by molar-refractivity contribution is -0.142. The van der Waals surface area contributed by atoms with Crippen molar-refractivity contribution in [2.45, 2.75) is 39.0 Å². The Kier molecular flexibility index (Phi) is 7.71. The number of likely N-dealkylation sites (tertiary alicyclic amines) is 1. The second-order valence-corrected chi connectivity index (χ2v) is 16.6. The number of aromatic hydroxyl groups is 1. The summed E-state index contributed by atoms with van der Waals surface area (Å²) in [6, 6.07) is 18.5. The number of aryl methyl sites for hydroxylation is 2. The second-order valence-electron chi connectivity index (χ2n) is 15.1. The SMILES string of the molecule is Cc1c(-c2cc(N3C(=O)C4CC5C(=CCC6C(=O)N(CCC(=O)O)C(=O)C65)C(c5ccc6ccccc6c5O)C4(C)C3=O)n(C)n2)sc2ccc(Cl)cc12. The Bertz CT molecular complexity index is 2560. The summed E-state index contributed by atoms with van der Waals surface area (Å²) in [5.41, 5.74) is 1.39. The van der Waals surface area contributed by atoms with Gasteiger partial charge in [0.1, 0.15) is 17.3 Å². The Morgan fingerprint density at radius 2 is 1.78 bits per heavy atom. The molecular weight excluding hydrogens is 728 g/mol. The maximum absolute atomic E-state index is 15.2. The van der Waals surface area contributed by atoms with Crippen molar-refractivity contribution in [3.63, 3.8) is 0 Å². The van der Waals surface area contributed by atoms with E-state index < -0.39 is 64.6 Å². The van der Waals surface area contributed by atoms with E-state index in [0.717, 1.165) is 36.4 Å². The summed E-state index contributed by atoms with van der Waals surface area (Å²) in [6.07, 6.45) is 1.88. The lowest BCUT2D eigenvalue weighted by atomic mass is 9.51. The predicted molar refractivity (Wildman–Crippen MR) is 203 cm³/mol. The van der Waals surface area contributed by atoms with Crippen LogP contribution in [-0.2, 0) is 31.0 Å². The first kappa shape index (κ1) is 34.4. The molecule has 2 aromatic heterocycles. The Hall–Kier alpha value is -5.33. The number of aromatic nitrogens is 2. The summed E-state index contributed by atoms with van der Waals surface area (Å²) in [5, 5.41) is 29.0. The van der Waals surface area contributed by atoms with Crippen LogP contribution in [0, 0.1) is 36.0 Å². The number of fused-ring (bicyclic) bond motifs is 6. The van der Waals surface area contributed by atoms with Crippen molar-refractivity contribution in [3.05, 3.63) is 88.5 Å². The zero-order valence-electron chi connectivity index (χ0n) is 29.6. The highest BCUT2D eigenvalue weighted by atomic mass is 35.5. The van der Waals surface area contributed by atoms with Gasteiger partial charge in [-0.25, -0.2) is 4.90 Å². The number of imide groups is 2. The number of rotatable bonds is 6. The number of nitrogens with zero attached hydrogens (tertiary/aromatic N) is 4. The maximum Gasteiger partial charge on any atom is 0.305 e. The number of allylic oxidation sites excluding steroid dienone is 2. The highest BCUT2D eigenvalue weighted by Gasteiger charge is 2.68. The van der Waals surface area contributed by atoms with E-state index in [-0.39, 0.29) is 31.6 Å². The molecule has 13 heteroatoms. The van der Waals surface area contributed by atoms with Crippen LogP contribution in [0.5, 0.6) is 5.75 Å². The van der Waals surface area contributed by atoms with Crippen molar-refractivity contribution in [1.82, 2.24) is 14.7 Å². The molecule has 6 atom stereocenters. The molecule has 1 saturated carbocycles. The van der Waals surface area contributed by atoms with Gasteiger partial charge in [0.2, 0.25) is 23.6 Å². The standard InChI is InChI=1S/C41H35ClN4O7S/c1-19-26-16-21(42)9-13-30(26)54-36(19)29-18-31(44(3)43-29)46-38(51)28-17-27-23(11-12-24-33(27)39(52)45(37(24)50)15-14-32(47)48)34(41(28,2)40(46)53)25-10-8-20-6-4-5-7-22(20)35(25)49/h4-11,13,16,18,24,27-28,33-34,49H,12,14-15,17H2,1-3H3,(H,47,48). The van der Waals surface area contributed by atoms with Gasteiger partial charge in [0.15, 0.2) is 0 Å². The summed E-state index contributed by atoms with van der Waals surface area (Å²) in [7, 11) is 1.69. The van der Waals surface area contributed by atoms with E-state index in [0.29, 0.717) is 27.5 Å². The van der Waals surface area contributed by atoms with Gasteiger partial charge in [0, 0.05) is 46.2 Å². The van der Waals surface area contributed by atoms with E-state index in [1.54, 1.807) is 43.5 Å². The van der Waals surface area contributed by atoms with Crippen LogP contribution in [0.25, 0.3) is 31.4 Å². The van der Waals surface area contributed by atoms with Gasteiger partial charge in [-0.05, 0) is 67.1 Å². The van der Waals surface area contributed by atoms with E-state index in [1.165, 1.54) is 9.58 Å². The molecule has 5 aromatic rings. The minimum absolute atomic E-state index is 0.0134. The maximum atomic E-state index is 15.2. The Morgan fingerprint density at radius 1 is 1.00 bits per heavy atom. The summed E-state index contributed by atoms with van der Waals surface area (Å²) < 4.78 is 2.56. The highest BCUT2D eigenvalue weighted by molar-refractivity contribution is 7.22. The van der Waals surface area contributed by atoms with Gasteiger partial charge in [-0.3, -0.25) is 33.6 Å². The third-order valence-electron chi connectivity index (χ3n) is 12.4. The van der Waals surface area contributed by atoms with Gasteiger partial charge in [0.05, 0.1) is 34.5 Å². The largest absolute Gasteiger partial charge is 0.507 e. The third-order valence-corrected chi connectivity index (χ3v) is 13.9. The molecular formula is C41H35ClN4O7S. The zero-order chi connectivity index (χ0) is 38.0. The molecule has 3 aromatic carbocycles. The molecule has 4 amide bonds. The quantitative estimate of drug-likeness (QED) is 0.141. The summed E-state index contributed by atoms with van der Waals surface area (Å²) >= 11 is 7.85. The number of thiophene rings is 1. The Labute approximate surface area is 318 Å². The first-order valence-corrected chi connectivity index (χ1v) is 19.1. The molecule has 2 aliphatic carbocycles. The lowest BCUT2D eigenvalue weighted by Gasteiger charge is -2.49. The minimum Gasteiger partial charge on any atom is -0.507 e. The van der Waals surface area contributed by atoms with E-state index in [2.05, 4.69) is 0 Å². The van der Waals surface area contributed by atoms with Gasteiger partial charge in [-0.2, -0.15) is 5.10 Å². The van der Waals surface area contributed by atoms with Crippen LogP contribution in [-0.4, -0.2) is 61.0 Å². The lowest BCUT2D eigenvalue weighted by Crippen LogP contribution is -2.49. The van der Waals surface area contributed by atoms with E-state index in [1.807, 2.05) is 55.5 Å². The molecule has 11 nitrogen and oxygen atoms in total. The van der Waals surface area contributed by atoms with Crippen LogP contribution in [0.2, 0.25) is 5.02 Å². The van der Waals surface area contributed by atoms with Crippen LogP contribution < -0.4 is 4.90 Å². The van der Waals surface area contributed by atoms with Crippen molar-refractivity contribution in [2.75, 3.05) is 11.4 Å². The van der Waals surface area contributed by atoms with Crippen LogP contribution in [0.3, 0.4) is 0 Å². The number of hydrogen-bond donors (Lipinski definition) is 2. The van der Waals surface area contributed by atoms with Gasteiger partial charge in [0.25, 0.3) is 0 Å². The minimum atomic E-state index is -1.38. The smallest absolute Gasteiger partial charge is 0.305 e. The number of phenolic OH excluding ortho intramolecular Hbond substituents is 1. The number of hydrogen-bond acceptors (Lipinski definition) is 8. The number of aliphatic carboxylic acids is 1. The van der Waals surface area contributed by atoms with Crippen molar-refractivity contribution >= 4 is 79.2 Å². The fourth-order valence-electron chi connectivity index (χ4n) is 9.79. The van der Waals surface area contributed by atoms with Crippen LogP contribution in [0.1, 0.15) is 43.2 Å². The molecule has 3 fully saturated rings. The van der Waals surface area contributed by atoms with E-state index >= 15 is 4.79 Å². The molecule has 4 aliphatic rings. The number of carbonyl (C=O) groups excluding carboxylic acids is 4. The average Bonchev–Trinajstić information content (AvgIpc) is 3.81. The van der Waals surface area contributed by atoms with Crippen LogP contribution >= 0.6 is 22.9 Å². The van der Waals surface area contributed by atoms with Gasteiger partial charge >= 0.3 is 5.97 Å². The fraction of sp³-hybridized carbons (Fsp3) is 0.317. The number of carboxylic acids is 1. The van der Waals surface area contributed by atoms with Crippen LogP contribution in [0.4, 0.5) is 5.82 Å². The third kappa shape index (κ3) is 4.72. The topological polar surface area (TPSA) is 150 Å². The predicted octanol–water partition coefficient (Wildman–Crippen LogP) is 6.83. The number of carboxylic acid groups (broad SMARTS) is 1. The van der Waals surface area contributed by atoms with Gasteiger partial charge < -0.3 is 10.2 Å². The normalized spacial score (nSPS) is 26.4. The first-order valence-electron chi connectivity index (χ1n) is 17.9. The highest BCUT2D eigenvalue weighted by Crippen LogP contribution is 2.64. The van der Waals surface area contributed by atoms with Crippen molar-refractivity contribution in [3.8, 4) is 16.3 Å². The first-order chi connectivity index (χ1) is 25.8. The molecule has 6 unspecified atom stereocenters. The summed E-state index contributed by atoms with van der Waals surface area (Å²) in [6.45, 7) is 3.53. The second kappa shape index (κ2) is 12.1. The van der Waals surface area contributed by atoms with Crippen molar-refractivity contribution < 1.29 is 34.2 Å². The van der Waals surface area contributed by atoms with E-state index in [4.69, 9.17) is 16.7 Å². The zero-order valence-corrected chi connectivity index (χ0v) is 31.1. The molecule has 4 heterocycles. The number of carbonyl (C=O) groups is 5. The Balaban J connectivity index is 1.18. The molecule has 9 rings (SSSR count). The average molecular weight is 763 g/mol. The molecule has 0 radical (unpaired) electrons. The molecule has 0 spiro atoms. The van der Waals surface area contributed by atoms with Crippen molar-refractivity contribution in [1.29, 1.82) is 0 Å². The molecule has 274 valence electrons. The molecule has 54 heavy (non-hydrogen) atoms. The number of benzene rings is 3. The molecule has 2 saturated heterocycles. The van der Waals surface area contributed by atoms with Gasteiger partial charge in [-0.15, -0.1) is 11.3 Å². The van der Waals surface area contributed by atoms with Crippen LogP contribution in [0.15, 0.2) is 72.3 Å². The number of phenols is 1. The molecule has 0 bridgehead atoms. The van der Waals surface area contributed by atoms with Crippen molar-refractivity contribution in [2.24, 2.45) is 36.1 Å². The summed E-state index contributed by atoms with van der Waals surface area (Å²) in [4.78, 5) is 72.2. The monoisotopic (exact) mass is 762 g/mol. The van der Waals surface area contributed by atoms with Gasteiger partial charge in [-0.1, -0.05) is 59.6 Å². The molecule has 2 aliphatic heterocycles. The van der Waals surface area contributed by atoms with E-state index in [9.17, 15) is 29.4 Å². The Morgan fingerprint density at radius 3 is 2.56 bits per heavy atom.